The molecule has 1 aliphatic carbocycles. The molecule has 0 heterocycles. The van der Waals surface area contributed by atoms with E-state index in [-0.39, 0.29) is 0 Å². The Balaban J connectivity index is 2.05. The van der Waals surface area contributed by atoms with Gasteiger partial charge in [-0.3, -0.25) is 0 Å². The van der Waals surface area contributed by atoms with Gasteiger partial charge in [0.25, 0.3) is 0 Å². The topological polar surface area (TPSA) is 44.5 Å². The molecular formula is C15H23NO2. The molecule has 1 aliphatic rings. The molecule has 0 bridgehead atoms. The summed E-state index contributed by atoms with van der Waals surface area (Å²) in [6.45, 7) is 2.58. The minimum atomic E-state index is 0.312. The first-order chi connectivity index (χ1) is 8.81. The maximum Gasteiger partial charge on any atom is 0.146 e. The Kier molecular flexibility index (Phi) is 4.73. The lowest BCUT2D eigenvalue weighted by Gasteiger charge is -2.19. The molecule has 0 amide bonds. The summed E-state index contributed by atoms with van der Waals surface area (Å²) in [7, 11) is 0. The Labute approximate surface area is 109 Å². The van der Waals surface area contributed by atoms with Crippen molar-refractivity contribution in [2.45, 2.75) is 51.6 Å². The highest BCUT2D eigenvalue weighted by Crippen LogP contribution is 2.33. The van der Waals surface area contributed by atoms with Crippen LogP contribution >= 0.6 is 0 Å². The van der Waals surface area contributed by atoms with E-state index in [4.69, 9.17) is 15.2 Å². The Morgan fingerprint density at radius 2 is 1.78 bits per heavy atom. The van der Waals surface area contributed by atoms with Crippen molar-refractivity contribution in [3.8, 4) is 11.5 Å². The number of rotatable bonds is 4. The number of para-hydroxylation sites is 1. The van der Waals surface area contributed by atoms with Gasteiger partial charge in [-0.25, -0.2) is 0 Å². The van der Waals surface area contributed by atoms with Gasteiger partial charge in [0.05, 0.1) is 12.7 Å². The molecule has 0 aromatic heterocycles. The zero-order chi connectivity index (χ0) is 12.8. The molecule has 18 heavy (non-hydrogen) atoms. The van der Waals surface area contributed by atoms with Crippen molar-refractivity contribution in [3.63, 3.8) is 0 Å². The average molecular weight is 249 g/mol. The summed E-state index contributed by atoms with van der Waals surface area (Å²) in [5.74, 6) is 1.50. The van der Waals surface area contributed by atoms with E-state index in [1.54, 1.807) is 0 Å². The predicted molar refractivity (Wildman–Crippen MR) is 74.1 cm³/mol. The maximum atomic E-state index is 6.08. The zero-order valence-electron chi connectivity index (χ0n) is 11.2. The van der Waals surface area contributed by atoms with Crippen LogP contribution < -0.4 is 15.2 Å². The minimum Gasteiger partial charge on any atom is -0.492 e. The molecule has 100 valence electrons. The van der Waals surface area contributed by atoms with Crippen LogP contribution in [0.2, 0.25) is 0 Å². The fourth-order valence-corrected chi connectivity index (χ4v) is 2.45. The first-order valence-corrected chi connectivity index (χ1v) is 6.99. The third-order valence-electron chi connectivity index (χ3n) is 3.42. The fourth-order valence-electron chi connectivity index (χ4n) is 2.45. The van der Waals surface area contributed by atoms with E-state index in [1.807, 2.05) is 25.1 Å². The van der Waals surface area contributed by atoms with Gasteiger partial charge in [0.2, 0.25) is 0 Å². The van der Waals surface area contributed by atoms with Crippen LogP contribution in [0.15, 0.2) is 18.2 Å². The molecule has 2 N–H and O–H groups in total. The van der Waals surface area contributed by atoms with Crippen molar-refractivity contribution in [2.24, 2.45) is 0 Å². The summed E-state index contributed by atoms with van der Waals surface area (Å²) in [5.41, 5.74) is 6.70. The summed E-state index contributed by atoms with van der Waals surface area (Å²) in [5, 5.41) is 0. The van der Waals surface area contributed by atoms with E-state index in [9.17, 15) is 0 Å². The lowest BCUT2D eigenvalue weighted by molar-refractivity contribution is 0.184. The van der Waals surface area contributed by atoms with Crippen molar-refractivity contribution in [1.82, 2.24) is 0 Å². The van der Waals surface area contributed by atoms with Crippen molar-refractivity contribution < 1.29 is 9.47 Å². The van der Waals surface area contributed by atoms with Gasteiger partial charge in [0.15, 0.2) is 0 Å². The number of benzene rings is 1. The molecular weight excluding hydrogens is 226 g/mol. The predicted octanol–water partition coefficient (Wildman–Crippen LogP) is 3.77. The van der Waals surface area contributed by atoms with Gasteiger partial charge in [0.1, 0.15) is 17.2 Å². The highest BCUT2D eigenvalue weighted by atomic mass is 16.5. The monoisotopic (exact) mass is 249 g/mol. The van der Waals surface area contributed by atoms with Crippen LogP contribution in [-0.4, -0.2) is 12.7 Å². The summed E-state index contributed by atoms with van der Waals surface area (Å²) in [6.07, 6.45) is 7.76. The van der Waals surface area contributed by atoms with Gasteiger partial charge in [0, 0.05) is 0 Å². The molecule has 2 rings (SSSR count). The van der Waals surface area contributed by atoms with Crippen molar-refractivity contribution in [3.05, 3.63) is 18.2 Å². The quantitative estimate of drug-likeness (QED) is 0.652. The number of nitrogen functional groups attached to an aromatic ring is 1. The first kappa shape index (κ1) is 13.1. The van der Waals surface area contributed by atoms with E-state index < -0.39 is 0 Å². The number of ether oxygens (including phenoxy) is 2. The van der Waals surface area contributed by atoms with Gasteiger partial charge in [-0.15, -0.1) is 0 Å². The largest absolute Gasteiger partial charge is 0.492 e. The molecule has 1 aromatic carbocycles. The summed E-state index contributed by atoms with van der Waals surface area (Å²) < 4.78 is 11.5. The summed E-state index contributed by atoms with van der Waals surface area (Å²) >= 11 is 0. The van der Waals surface area contributed by atoms with E-state index in [0.717, 1.165) is 24.3 Å². The van der Waals surface area contributed by atoms with Crippen LogP contribution in [0.5, 0.6) is 11.5 Å². The number of anilines is 1. The fraction of sp³-hybridized carbons (Fsp3) is 0.600. The van der Waals surface area contributed by atoms with Crippen LogP contribution in [-0.2, 0) is 0 Å². The minimum absolute atomic E-state index is 0.312. The smallest absolute Gasteiger partial charge is 0.146 e. The van der Waals surface area contributed by atoms with Gasteiger partial charge < -0.3 is 15.2 Å². The lowest BCUT2D eigenvalue weighted by Crippen LogP contribution is -2.16. The molecule has 1 fully saturated rings. The second-order valence-corrected chi connectivity index (χ2v) is 4.83. The van der Waals surface area contributed by atoms with Gasteiger partial charge in [-0.2, -0.15) is 0 Å². The van der Waals surface area contributed by atoms with Crippen LogP contribution in [0, 0.1) is 0 Å². The van der Waals surface area contributed by atoms with Gasteiger partial charge >= 0.3 is 0 Å². The van der Waals surface area contributed by atoms with Crippen LogP contribution in [0.3, 0.4) is 0 Å². The number of hydrogen-bond acceptors (Lipinski definition) is 3. The molecule has 0 aliphatic heterocycles. The standard InChI is InChI=1S/C15H23NO2/c1-2-17-13-10-7-11-14(15(13)16)18-12-8-5-3-4-6-9-12/h7,10-12H,2-6,8-9,16H2,1H3. The molecule has 0 atom stereocenters. The average Bonchev–Trinajstić information content (AvgIpc) is 2.63. The maximum absolute atomic E-state index is 6.08. The Morgan fingerprint density at radius 1 is 1.11 bits per heavy atom. The van der Waals surface area contributed by atoms with Crippen LogP contribution in [0.4, 0.5) is 5.69 Å². The Hall–Kier alpha value is -1.38. The molecule has 1 aromatic rings. The summed E-state index contributed by atoms with van der Waals surface area (Å²) in [6, 6.07) is 5.76. The molecule has 0 radical (unpaired) electrons. The lowest BCUT2D eigenvalue weighted by atomic mass is 10.1. The second kappa shape index (κ2) is 6.53. The normalized spacial score (nSPS) is 17.2. The molecule has 0 unspecified atom stereocenters. The van der Waals surface area contributed by atoms with E-state index in [1.165, 1.54) is 25.7 Å². The Morgan fingerprint density at radius 3 is 2.44 bits per heavy atom. The van der Waals surface area contributed by atoms with Gasteiger partial charge in [-0.1, -0.05) is 18.9 Å². The summed E-state index contributed by atoms with van der Waals surface area (Å²) in [4.78, 5) is 0. The van der Waals surface area contributed by atoms with Crippen molar-refractivity contribution in [2.75, 3.05) is 12.3 Å². The van der Waals surface area contributed by atoms with Crippen molar-refractivity contribution >= 4 is 5.69 Å². The zero-order valence-corrected chi connectivity index (χ0v) is 11.2. The Bertz CT molecular complexity index is 371. The van der Waals surface area contributed by atoms with Gasteiger partial charge in [-0.05, 0) is 44.7 Å². The molecule has 3 nitrogen and oxygen atoms in total. The highest BCUT2D eigenvalue weighted by molar-refractivity contribution is 5.62. The third-order valence-corrected chi connectivity index (χ3v) is 3.42. The second-order valence-electron chi connectivity index (χ2n) is 4.83. The molecule has 3 heteroatoms. The molecule has 1 saturated carbocycles. The van der Waals surface area contributed by atoms with E-state index >= 15 is 0 Å². The molecule has 0 spiro atoms. The van der Waals surface area contributed by atoms with Crippen LogP contribution in [0.25, 0.3) is 0 Å². The van der Waals surface area contributed by atoms with Crippen molar-refractivity contribution in [1.29, 1.82) is 0 Å². The molecule has 0 saturated heterocycles. The number of hydrogen-bond donors (Lipinski definition) is 1. The van der Waals surface area contributed by atoms with E-state index in [0.29, 0.717) is 18.4 Å². The van der Waals surface area contributed by atoms with Crippen LogP contribution in [0.1, 0.15) is 45.4 Å². The van der Waals surface area contributed by atoms with E-state index in [2.05, 4.69) is 0 Å². The highest BCUT2D eigenvalue weighted by Gasteiger charge is 2.16. The third kappa shape index (κ3) is 3.31. The SMILES string of the molecule is CCOc1cccc(OC2CCCCCC2)c1N. The first-order valence-electron chi connectivity index (χ1n) is 6.99. The number of nitrogens with two attached hydrogens (primary N) is 1.